The van der Waals surface area contributed by atoms with E-state index < -0.39 is 0 Å². The lowest BCUT2D eigenvalue weighted by Gasteiger charge is -2.36. The predicted octanol–water partition coefficient (Wildman–Crippen LogP) is 1.11. The zero-order valence-electron chi connectivity index (χ0n) is 10.2. The number of anilines is 3. The lowest BCUT2D eigenvalue weighted by atomic mass is 10.00. The van der Waals surface area contributed by atoms with Crippen molar-refractivity contribution in [3.05, 3.63) is 6.33 Å². The fourth-order valence-corrected chi connectivity index (χ4v) is 2.43. The lowest BCUT2D eigenvalue weighted by Crippen LogP contribution is -2.40. The van der Waals surface area contributed by atoms with E-state index in [2.05, 4.69) is 27.2 Å². The molecule has 1 unspecified atom stereocenters. The van der Waals surface area contributed by atoms with Gasteiger partial charge in [0.1, 0.15) is 12.0 Å². The van der Waals surface area contributed by atoms with E-state index >= 15 is 0 Å². The van der Waals surface area contributed by atoms with Crippen molar-refractivity contribution in [3.63, 3.8) is 0 Å². The van der Waals surface area contributed by atoms with Gasteiger partial charge in [-0.15, -0.1) is 0 Å². The highest BCUT2D eigenvalue weighted by Gasteiger charge is 2.24. The van der Waals surface area contributed by atoms with Gasteiger partial charge in [0, 0.05) is 12.6 Å². The number of hydrogen-bond acceptors (Lipinski definition) is 6. The van der Waals surface area contributed by atoms with E-state index in [9.17, 15) is 0 Å². The highest BCUT2D eigenvalue weighted by molar-refractivity contribution is 5.74. The van der Waals surface area contributed by atoms with Crippen LogP contribution in [0.15, 0.2) is 6.33 Å². The molecular formula is C11H20N6. The predicted molar refractivity (Wildman–Crippen MR) is 69.5 cm³/mol. The summed E-state index contributed by atoms with van der Waals surface area (Å²) < 4.78 is 0. The summed E-state index contributed by atoms with van der Waals surface area (Å²) in [6.45, 7) is 3.20. The van der Waals surface area contributed by atoms with Gasteiger partial charge in [-0.2, -0.15) is 0 Å². The van der Waals surface area contributed by atoms with Gasteiger partial charge in [-0.1, -0.05) is 6.92 Å². The molecule has 0 spiro atoms. The van der Waals surface area contributed by atoms with Crippen LogP contribution in [-0.2, 0) is 0 Å². The van der Waals surface area contributed by atoms with E-state index in [-0.39, 0.29) is 0 Å². The number of aromatic nitrogens is 2. The Morgan fingerprint density at radius 1 is 1.47 bits per heavy atom. The molecule has 0 aliphatic carbocycles. The zero-order valence-corrected chi connectivity index (χ0v) is 10.2. The molecule has 1 aromatic rings. The number of nitrogens with zero attached hydrogens (tertiary/aromatic N) is 3. The van der Waals surface area contributed by atoms with Crippen LogP contribution in [0.4, 0.5) is 17.3 Å². The van der Waals surface area contributed by atoms with Crippen LogP contribution in [-0.4, -0.2) is 22.6 Å². The van der Waals surface area contributed by atoms with Gasteiger partial charge in [0.25, 0.3) is 0 Å². The summed E-state index contributed by atoms with van der Waals surface area (Å²) in [6, 6.07) is 0.520. The fraction of sp³-hybridized carbons (Fsp3) is 0.636. The summed E-state index contributed by atoms with van der Waals surface area (Å²) in [6.07, 6.45) is 6.27. The average Bonchev–Trinajstić information content (AvgIpc) is 2.39. The van der Waals surface area contributed by atoms with Gasteiger partial charge in [0.2, 0.25) is 0 Å². The van der Waals surface area contributed by atoms with Crippen LogP contribution in [0, 0.1) is 0 Å². The van der Waals surface area contributed by atoms with E-state index in [1.54, 1.807) is 0 Å². The second-order valence-corrected chi connectivity index (χ2v) is 4.36. The number of piperidine rings is 1. The summed E-state index contributed by atoms with van der Waals surface area (Å²) in [5.74, 6) is 6.68. The number of nitrogen functional groups attached to an aromatic ring is 2. The highest BCUT2D eigenvalue weighted by Crippen LogP contribution is 2.31. The molecule has 2 heterocycles. The van der Waals surface area contributed by atoms with Crippen molar-refractivity contribution in [3.8, 4) is 0 Å². The first-order valence-corrected chi connectivity index (χ1v) is 6.11. The molecule has 0 bridgehead atoms. The Morgan fingerprint density at radius 2 is 2.29 bits per heavy atom. The molecule has 1 atom stereocenters. The summed E-state index contributed by atoms with van der Waals surface area (Å²) in [7, 11) is 0. The molecule has 0 amide bonds. The van der Waals surface area contributed by atoms with Crippen molar-refractivity contribution in [1.82, 2.24) is 9.97 Å². The smallest absolute Gasteiger partial charge is 0.168 e. The Kier molecular flexibility index (Phi) is 3.63. The molecule has 0 radical (unpaired) electrons. The van der Waals surface area contributed by atoms with Gasteiger partial charge in [-0.05, 0) is 25.7 Å². The van der Waals surface area contributed by atoms with Gasteiger partial charge in [-0.25, -0.2) is 15.8 Å². The van der Waals surface area contributed by atoms with Crippen molar-refractivity contribution in [2.75, 3.05) is 22.6 Å². The normalized spacial score (nSPS) is 20.4. The van der Waals surface area contributed by atoms with Crippen molar-refractivity contribution >= 4 is 17.3 Å². The number of nitrogens with two attached hydrogens (primary N) is 2. The number of hydrogen-bond donors (Lipinski definition) is 3. The first-order valence-electron chi connectivity index (χ1n) is 6.11. The average molecular weight is 236 g/mol. The molecule has 5 N–H and O–H groups in total. The molecule has 6 nitrogen and oxygen atoms in total. The van der Waals surface area contributed by atoms with Crippen molar-refractivity contribution in [1.29, 1.82) is 0 Å². The molecule has 0 saturated carbocycles. The second-order valence-electron chi connectivity index (χ2n) is 4.36. The molecule has 1 fully saturated rings. The van der Waals surface area contributed by atoms with Gasteiger partial charge in [0.15, 0.2) is 11.6 Å². The van der Waals surface area contributed by atoms with E-state index in [1.165, 1.54) is 25.6 Å². The van der Waals surface area contributed by atoms with Crippen LogP contribution in [0.3, 0.4) is 0 Å². The largest absolute Gasteiger partial charge is 0.393 e. The van der Waals surface area contributed by atoms with Crippen LogP contribution in [0.1, 0.15) is 32.6 Å². The maximum atomic E-state index is 6.03. The van der Waals surface area contributed by atoms with Gasteiger partial charge >= 0.3 is 0 Å². The van der Waals surface area contributed by atoms with Gasteiger partial charge in [-0.3, -0.25) is 0 Å². The Hall–Kier alpha value is -1.56. The van der Waals surface area contributed by atoms with Crippen molar-refractivity contribution < 1.29 is 0 Å². The third-order valence-electron chi connectivity index (χ3n) is 3.37. The third kappa shape index (κ3) is 2.26. The first kappa shape index (κ1) is 11.9. The van der Waals surface area contributed by atoms with Gasteiger partial charge < -0.3 is 16.1 Å². The molecule has 0 aromatic carbocycles. The molecule has 1 aromatic heterocycles. The fourth-order valence-electron chi connectivity index (χ4n) is 2.43. The van der Waals surface area contributed by atoms with Gasteiger partial charge in [0.05, 0.1) is 0 Å². The molecule has 1 aliphatic heterocycles. The lowest BCUT2D eigenvalue weighted by molar-refractivity contribution is 0.447. The molecular weight excluding hydrogens is 216 g/mol. The monoisotopic (exact) mass is 236 g/mol. The zero-order chi connectivity index (χ0) is 12.3. The van der Waals surface area contributed by atoms with Crippen LogP contribution >= 0.6 is 0 Å². The number of nitrogens with one attached hydrogen (secondary N) is 1. The second kappa shape index (κ2) is 5.18. The molecule has 1 saturated heterocycles. The van der Waals surface area contributed by atoms with E-state index in [0.29, 0.717) is 17.5 Å². The summed E-state index contributed by atoms with van der Waals surface area (Å²) in [4.78, 5) is 10.6. The molecule has 6 heteroatoms. The Labute approximate surface area is 101 Å². The Morgan fingerprint density at radius 3 is 3.00 bits per heavy atom. The quantitative estimate of drug-likeness (QED) is 0.538. The van der Waals surface area contributed by atoms with Crippen LogP contribution in [0.5, 0.6) is 0 Å². The van der Waals surface area contributed by atoms with Crippen molar-refractivity contribution in [2.24, 2.45) is 5.84 Å². The van der Waals surface area contributed by atoms with Crippen molar-refractivity contribution in [2.45, 2.75) is 38.6 Å². The van der Waals surface area contributed by atoms with E-state index in [1.807, 2.05) is 0 Å². The SMILES string of the molecule is CCC1CCCCN1c1ncnc(NN)c1N. The molecule has 2 rings (SSSR count). The summed E-state index contributed by atoms with van der Waals surface area (Å²) >= 11 is 0. The number of rotatable bonds is 3. The van der Waals surface area contributed by atoms with Crippen LogP contribution < -0.4 is 21.9 Å². The summed E-state index contributed by atoms with van der Waals surface area (Å²) in [5, 5.41) is 0. The standard InChI is InChI=1S/C11H20N6/c1-2-8-5-3-4-6-17(8)11-9(12)10(16-13)14-7-15-11/h7-8H,2-6,12-13H2,1H3,(H,14,15,16). The minimum absolute atomic E-state index is 0.496. The topological polar surface area (TPSA) is 93.1 Å². The highest BCUT2D eigenvalue weighted by atomic mass is 15.3. The minimum Gasteiger partial charge on any atom is -0.393 e. The summed E-state index contributed by atoms with van der Waals surface area (Å²) in [5.41, 5.74) is 9.07. The van der Waals surface area contributed by atoms with Crippen LogP contribution in [0.25, 0.3) is 0 Å². The van der Waals surface area contributed by atoms with E-state index in [0.717, 1.165) is 18.8 Å². The maximum Gasteiger partial charge on any atom is 0.168 e. The maximum absolute atomic E-state index is 6.03. The Bertz CT molecular complexity index is 380. The number of hydrazine groups is 1. The molecule has 17 heavy (non-hydrogen) atoms. The van der Waals surface area contributed by atoms with E-state index in [4.69, 9.17) is 11.6 Å². The molecule has 94 valence electrons. The minimum atomic E-state index is 0.496. The molecule has 1 aliphatic rings. The third-order valence-corrected chi connectivity index (χ3v) is 3.37. The first-order chi connectivity index (χ1) is 8.27. The Balaban J connectivity index is 2.31. The van der Waals surface area contributed by atoms with Crippen LogP contribution in [0.2, 0.25) is 0 Å².